The highest BCUT2D eigenvalue weighted by Gasteiger charge is 2.64. The predicted molar refractivity (Wildman–Crippen MR) is 178 cm³/mol. The lowest BCUT2D eigenvalue weighted by Crippen LogP contribution is -2.45. The quantitative estimate of drug-likeness (QED) is 0.171. The van der Waals surface area contributed by atoms with Gasteiger partial charge in [-0.05, 0) is 86.3 Å². The van der Waals surface area contributed by atoms with Gasteiger partial charge in [-0.15, -0.1) is 0 Å². The zero-order chi connectivity index (χ0) is 36.6. The van der Waals surface area contributed by atoms with Crippen LogP contribution in [0, 0.1) is 11.8 Å². The summed E-state index contributed by atoms with van der Waals surface area (Å²) in [6, 6.07) is 12.6. The molecule has 3 fully saturated rings. The first-order valence-electron chi connectivity index (χ1n) is 16.4. The first kappa shape index (κ1) is 36.7. The van der Waals surface area contributed by atoms with Crippen molar-refractivity contribution in [1.82, 2.24) is 14.9 Å². The van der Waals surface area contributed by atoms with Crippen LogP contribution < -0.4 is 21.7 Å². The van der Waals surface area contributed by atoms with Gasteiger partial charge in [0.1, 0.15) is 5.82 Å². The lowest BCUT2D eigenvalue weighted by Gasteiger charge is -2.40. The van der Waals surface area contributed by atoms with Gasteiger partial charge in [0.05, 0.1) is 17.5 Å². The van der Waals surface area contributed by atoms with Crippen LogP contribution in [0.5, 0.6) is 0 Å². The Balaban J connectivity index is 0.000000288. The van der Waals surface area contributed by atoms with E-state index in [-0.39, 0.29) is 48.6 Å². The molecule has 4 atom stereocenters. The number of primary amides is 1. The number of nitrogens with two attached hydrogens (primary N) is 2. The van der Waals surface area contributed by atoms with Crippen molar-refractivity contribution in [1.29, 1.82) is 0 Å². The molecule has 15 heteroatoms. The molecule has 2 saturated carbocycles. The van der Waals surface area contributed by atoms with Gasteiger partial charge in [0.2, 0.25) is 5.91 Å². The highest BCUT2D eigenvalue weighted by molar-refractivity contribution is 5.96. The molecule has 2 unspecified atom stereocenters. The predicted octanol–water partition coefficient (Wildman–Crippen LogP) is 6.93. The number of nitrogens with zero attached hydrogens (tertiary/aromatic N) is 4. The van der Waals surface area contributed by atoms with Gasteiger partial charge in [0.15, 0.2) is 11.5 Å². The highest BCUT2D eigenvalue weighted by Crippen LogP contribution is 2.59. The lowest BCUT2D eigenvalue weighted by molar-refractivity contribution is -0.160. The molecule has 2 heterocycles. The molecule has 50 heavy (non-hydrogen) atoms. The SMILES string of the molecule is C[C@@H]1[C@H](CC(=O)N(C)C)CCCN1c1cnc(C(N)=O)c(Nc2ccc(C3CC3C(F)(F)F)cc2)n1.Nc1ccc(C2(C(F)(F)F)CC2)cc1. The number of carbonyl (C=O) groups is 2. The summed E-state index contributed by atoms with van der Waals surface area (Å²) in [5.74, 6) is -1.61. The van der Waals surface area contributed by atoms with Crippen molar-refractivity contribution < 1.29 is 35.9 Å². The minimum absolute atomic E-state index is 0.0311. The number of carbonyl (C=O) groups excluding carboxylic acids is 2. The molecular weight excluding hydrogens is 664 g/mol. The van der Waals surface area contributed by atoms with Gasteiger partial charge in [0, 0.05) is 44.5 Å². The number of nitrogen functional groups attached to an aromatic ring is 1. The molecule has 0 spiro atoms. The molecule has 2 aliphatic carbocycles. The number of alkyl halides is 6. The molecule has 270 valence electrons. The summed E-state index contributed by atoms with van der Waals surface area (Å²) in [6.45, 7) is 2.78. The zero-order valence-corrected chi connectivity index (χ0v) is 28.0. The van der Waals surface area contributed by atoms with Crippen LogP contribution in [0.2, 0.25) is 0 Å². The van der Waals surface area contributed by atoms with E-state index < -0.39 is 35.5 Å². The Morgan fingerprint density at radius 1 is 1.02 bits per heavy atom. The molecule has 1 aliphatic heterocycles. The Hall–Kier alpha value is -4.56. The summed E-state index contributed by atoms with van der Waals surface area (Å²) >= 11 is 0. The summed E-state index contributed by atoms with van der Waals surface area (Å²) in [4.78, 5) is 36.8. The molecule has 5 N–H and O–H groups in total. The van der Waals surface area contributed by atoms with Crippen molar-refractivity contribution in [2.75, 3.05) is 36.6 Å². The third-order valence-corrected chi connectivity index (χ3v) is 9.94. The molecular formula is C35H41F6N7O2. The van der Waals surface area contributed by atoms with E-state index in [4.69, 9.17) is 11.5 Å². The van der Waals surface area contributed by atoms with Crippen LogP contribution in [0.3, 0.4) is 0 Å². The molecule has 2 aromatic carbocycles. The minimum atomic E-state index is -4.18. The Labute approximate surface area is 286 Å². The molecule has 3 aliphatic rings. The average molecular weight is 706 g/mol. The number of anilines is 4. The molecule has 0 bridgehead atoms. The summed E-state index contributed by atoms with van der Waals surface area (Å²) in [6.07, 6.45) is -4.07. The highest BCUT2D eigenvalue weighted by atomic mass is 19.4. The van der Waals surface area contributed by atoms with Crippen LogP contribution in [0.15, 0.2) is 54.7 Å². The number of benzene rings is 2. The monoisotopic (exact) mass is 705 g/mol. The van der Waals surface area contributed by atoms with Gasteiger partial charge in [-0.1, -0.05) is 24.3 Å². The van der Waals surface area contributed by atoms with Crippen LogP contribution in [-0.4, -0.2) is 65.7 Å². The van der Waals surface area contributed by atoms with Gasteiger partial charge in [0.25, 0.3) is 5.91 Å². The molecule has 0 radical (unpaired) electrons. The summed E-state index contributed by atoms with van der Waals surface area (Å²) in [5.41, 5.74) is 11.3. The first-order chi connectivity index (χ1) is 23.4. The standard InChI is InChI=1S/C25H31F3N6O2.C10H10F3N/c1-14-16(11-21(35)33(2)3)5-4-10-34(14)20-13-30-22(23(29)36)24(32-20)31-17-8-6-15(7-9-17)18-12-19(18)25(26,27)28;11-10(12,13)9(5-6-9)7-1-3-8(14)4-2-7/h6-9,13-14,16,18-19H,4-5,10-12H2,1-3H3,(H2,29,36)(H,31,32);1-4H,5-6,14H2/t14-,16+,18?,19?;/m1./s1. The maximum absolute atomic E-state index is 12.9. The van der Waals surface area contributed by atoms with Crippen molar-refractivity contribution in [3.05, 3.63) is 71.5 Å². The van der Waals surface area contributed by atoms with Crippen molar-refractivity contribution in [2.45, 2.75) is 75.2 Å². The molecule has 2 amide bonds. The van der Waals surface area contributed by atoms with E-state index in [2.05, 4.69) is 20.2 Å². The van der Waals surface area contributed by atoms with Crippen molar-refractivity contribution >= 4 is 34.8 Å². The van der Waals surface area contributed by atoms with Gasteiger partial charge >= 0.3 is 12.4 Å². The number of rotatable bonds is 8. The fraction of sp³-hybridized carbons (Fsp3) is 0.486. The van der Waals surface area contributed by atoms with Gasteiger partial charge in [-0.2, -0.15) is 26.3 Å². The Morgan fingerprint density at radius 3 is 2.18 bits per heavy atom. The average Bonchev–Trinajstić information content (AvgIpc) is 3.97. The van der Waals surface area contributed by atoms with E-state index in [0.29, 0.717) is 34.7 Å². The first-order valence-corrected chi connectivity index (χ1v) is 16.4. The third kappa shape index (κ3) is 8.07. The molecule has 9 nitrogen and oxygen atoms in total. The second-order valence-electron chi connectivity index (χ2n) is 13.6. The Morgan fingerprint density at radius 2 is 1.66 bits per heavy atom. The fourth-order valence-corrected chi connectivity index (χ4v) is 6.55. The summed E-state index contributed by atoms with van der Waals surface area (Å²) < 4.78 is 76.7. The van der Waals surface area contributed by atoms with Crippen molar-refractivity contribution in [3.63, 3.8) is 0 Å². The molecule has 1 saturated heterocycles. The minimum Gasteiger partial charge on any atom is -0.399 e. The molecule has 6 rings (SSSR count). The smallest absolute Gasteiger partial charge is 0.398 e. The maximum Gasteiger partial charge on any atom is 0.398 e. The summed E-state index contributed by atoms with van der Waals surface area (Å²) in [7, 11) is 3.48. The largest absolute Gasteiger partial charge is 0.399 e. The number of halogens is 6. The number of aromatic nitrogens is 2. The third-order valence-electron chi connectivity index (χ3n) is 9.94. The molecule has 1 aromatic heterocycles. The van der Waals surface area contributed by atoms with Crippen molar-refractivity contribution in [2.24, 2.45) is 17.6 Å². The second kappa shape index (κ2) is 14.0. The topological polar surface area (TPSA) is 130 Å². The zero-order valence-electron chi connectivity index (χ0n) is 28.0. The van der Waals surface area contributed by atoms with E-state index in [9.17, 15) is 35.9 Å². The number of hydrogen-bond donors (Lipinski definition) is 3. The van der Waals surface area contributed by atoms with Crippen LogP contribution in [0.1, 0.15) is 73.0 Å². The fourth-order valence-electron chi connectivity index (χ4n) is 6.55. The lowest BCUT2D eigenvalue weighted by atomic mass is 9.87. The van der Waals surface area contributed by atoms with E-state index in [1.807, 2.05) is 6.92 Å². The van der Waals surface area contributed by atoms with Crippen LogP contribution in [-0.2, 0) is 10.2 Å². The van der Waals surface area contributed by atoms with E-state index >= 15 is 0 Å². The van der Waals surface area contributed by atoms with E-state index in [1.54, 1.807) is 43.3 Å². The van der Waals surface area contributed by atoms with Crippen LogP contribution in [0.4, 0.5) is 49.4 Å². The Bertz CT molecular complexity index is 1670. The van der Waals surface area contributed by atoms with Crippen LogP contribution >= 0.6 is 0 Å². The van der Waals surface area contributed by atoms with Gasteiger partial charge in [-0.3, -0.25) is 9.59 Å². The van der Waals surface area contributed by atoms with Gasteiger partial charge < -0.3 is 26.6 Å². The second-order valence-corrected chi connectivity index (χ2v) is 13.6. The maximum atomic E-state index is 12.9. The number of nitrogens with one attached hydrogen (secondary N) is 1. The van der Waals surface area contributed by atoms with Crippen LogP contribution in [0.25, 0.3) is 0 Å². The van der Waals surface area contributed by atoms with E-state index in [1.165, 1.54) is 30.5 Å². The van der Waals surface area contributed by atoms with Gasteiger partial charge in [-0.25, -0.2) is 9.97 Å². The molecule has 3 aromatic rings. The normalized spacial score (nSPS) is 22.5. The summed E-state index contributed by atoms with van der Waals surface area (Å²) in [5, 5.41) is 3.05. The van der Waals surface area contributed by atoms with E-state index in [0.717, 1.165) is 19.4 Å². The number of hydrogen-bond acceptors (Lipinski definition) is 7. The number of piperidine rings is 1. The Kier molecular flexibility index (Phi) is 10.3. The van der Waals surface area contributed by atoms with Crippen molar-refractivity contribution in [3.8, 4) is 0 Å². The number of amides is 2.